The average Bonchev–Trinajstić information content (AvgIpc) is 2.12. The Morgan fingerprint density at radius 1 is 1.46 bits per heavy atom. The molecule has 0 atom stereocenters. The molecule has 0 spiro atoms. The first-order valence-corrected chi connectivity index (χ1v) is 4.49. The molecule has 13 heavy (non-hydrogen) atoms. The first kappa shape index (κ1) is 10.1. The van der Waals surface area contributed by atoms with Gasteiger partial charge in [-0.05, 0) is 12.8 Å². The SMILES string of the molecule is CCc1nc(Cl)c(CC)n(O)c1=O. The summed E-state index contributed by atoms with van der Waals surface area (Å²) in [6.45, 7) is 3.58. The second kappa shape index (κ2) is 3.79. The Balaban J connectivity index is 3.46. The van der Waals surface area contributed by atoms with Gasteiger partial charge in [0, 0.05) is 0 Å². The van der Waals surface area contributed by atoms with Crippen LogP contribution in [0.2, 0.25) is 5.15 Å². The van der Waals surface area contributed by atoms with Gasteiger partial charge in [0.25, 0.3) is 0 Å². The van der Waals surface area contributed by atoms with E-state index in [0.29, 0.717) is 23.3 Å². The Morgan fingerprint density at radius 2 is 2.08 bits per heavy atom. The lowest BCUT2D eigenvalue weighted by molar-refractivity contribution is 0.163. The second-order valence-corrected chi connectivity index (χ2v) is 2.98. The molecule has 1 aromatic heterocycles. The molecule has 0 aliphatic rings. The fraction of sp³-hybridized carbons (Fsp3) is 0.500. The van der Waals surface area contributed by atoms with Gasteiger partial charge < -0.3 is 5.21 Å². The first-order chi connectivity index (χ1) is 6.11. The molecule has 1 rings (SSSR count). The maximum atomic E-state index is 11.3. The highest BCUT2D eigenvalue weighted by Crippen LogP contribution is 2.10. The predicted octanol–water partition coefficient (Wildman–Crippen LogP) is 1.26. The van der Waals surface area contributed by atoms with Crippen molar-refractivity contribution in [3.8, 4) is 0 Å². The van der Waals surface area contributed by atoms with Crippen LogP contribution in [0.1, 0.15) is 25.2 Å². The first-order valence-electron chi connectivity index (χ1n) is 4.11. The van der Waals surface area contributed by atoms with E-state index in [9.17, 15) is 10.0 Å². The van der Waals surface area contributed by atoms with Crippen molar-refractivity contribution in [3.05, 3.63) is 26.9 Å². The van der Waals surface area contributed by atoms with Gasteiger partial charge in [0.2, 0.25) is 0 Å². The zero-order valence-electron chi connectivity index (χ0n) is 7.54. The van der Waals surface area contributed by atoms with E-state index in [1.54, 1.807) is 13.8 Å². The molecule has 0 unspecified atom stereocenters. The summed E-state index contributed by atoms with van der Waals surface area (Å²) in [5.41, 5.74) is 0.150. The molecule has 0 amide bonds. The Bertz CT molecular complexity index is 373. The van der Waals surface area contributed by atoms with Crippen LogP contribution in [0.15, 0.2) is 4.79 Å². The molecule has 0 aromatic carbocycles. The quantitative estimate of drug-likeness (QED) is 0.735. The molecule has 4 nitrogen and oxygen atoms in total. The lowest BCUT2D eigenvalue weighted by Gasteiger charge is -2.06. The number of rotatable bonds is 2. The summed E-state index contributed by atoms with van der Waals surface area (Å²) in [6.07, 6.45) is 0.935. The minimum Gasteiger partial charge on any atom is -0.425 e. The van der Waals surface area contributed by atoms with Crippen LogP contribution in [0.4, 0.5) is 0 Å². The van der Waals surface area contributed by atoms with Gasteiger partial charge in [0.1, 0.15) is 5.69 Å². The van der Waals surface area contributed by atoms with E-state index >= 15 is 0 Å². The van der Waals surface area contributed by atoms with Gasteiger partial charge in [0.05, 0.1) is 5.69 Å². The minimum atomic E-state index is -0.483. The average molecular weight is 203 g/mol. The zero-order valence-corrected chi connectivity index (χ0v) is 8.30. The third kappa shape index (κ3) is 1.67. The molecule has 0 aliphatic heterocycles. The largest absolute Gasteiger partial charge is 0.425 e. The van der Waals surface area contributed by atoms with Gasteiger partial charge in [-0.1, -0.05) is 25.4 Å². The monoisotopic (exact) mass is 202 g/mol. The molecule has 0 radical (unpaired) electrons. The van der Waals surface area contributed by atoms with Gasteiger partial charge in [-0.15, -0.1) is 4.73 Å². The Hall–Kier alpha value is -1.03. The van der Waals surface area contributed by atoms with Crippen molar-refractivity contribution in [2.24, 2.45) is 0 Å². The van der Waals surface area contributed by atoms with Crippen molar-refractivity contribution in [3.63, 3.8) is 0 Å². The number of nitrogens with zero attached hydrogens (tertiary/aromatic N) is 2. The zero-order chi connectivity index (χ0) is 10.0. The van der Waals surface area contributed by atoms with E-state index < -0.39 is 5.56 Å². The van der Waals surface area contributed by atoms with Crippen LogP contribution in [-0.2, 0) is 12.8 Å². The van der Waals surface area contributed by atoms with Crippen molar-refractivity contribution in [1.29, 1.82) is 0 Å². The third-order valence-corrected chi connectivity index (χ3v) is 2.14. The van der Waals surface area contributed by atoms with E-state index in [-0.39, 0.29) is 10.8 Å². The predicted molar refractivity (Wildman–Crippen MR) is 49.4 cm³/mol. The summed E-state index contributed by atoms with van der Waals surface area (Å²) in [4.78, 5) is 15.2. The molecular weight excluding hydrogens is 192 g/mol. The number of aromatic nitrogens is 2. The number of hydrogen-bond acceptors (Lipinski definition) is 3. The van der Waals surface area contributed by atoms with Gasteiger partial charge in [-0.2, -0.15) is 0 Å². The standard InChI is InChI=1S/C8H11ClN2O2/c1-3-5-8(12)11(13)6(4-2)7(9)10-5/h13H,3-4H2,1-2H3. The summed E-state index contributed by atoms with van der Waals surface area (Å²) >= 11 is 5.75. The fourth-order valence-electron chi connectivity index (χ4n) is 1.09. The molecular formula is C8H11ClN2O2. The fourth-order valence-corrected chi connectivity index (χ4v) is 1.40. The van der Waals surface area contributed by atoms with Crippen LogP contribution < -0.4 is 5.56 Å². The lowest BCUT2D eigenvalue weighted by atomic mass is 10.3. The Morgan fingerprint density at radius 3 is 2.54 bits per heavy atom. The van der Waals surface area contributed by atoms with Crippen LogP contribution in [0.25, 0.3) is 0 Å². The highest BCUT2D eigenvalue weighted by Gasteiger charge is 2.11. The molecule has 72 valence electrons. The highest BCUT2D eigenvalue weighted by molar-refractivity contribution is 6.30. The Labute approximate surface area is 80.8 Å². The number of aryl methyl sites for hydroxylation is 1. The van der Waals surface area contributed by atoms with E-state index in [1.807, 2.05) is 0 Å². The summed E-state index contributed by atoms with van der Waals surface area (Å²) in [7, 11) is 0. The van der Waals surface area contributed by atoms with Gasteiger partial charge in [-0.25, -0.2) is 4.98 Å². The normalized spacial score (nSPS) is 10.4. The summed E-state index contributed by atoms with van der Waals surface area (Å²) in [5, 5.41) is 9.57. The second-order valence-electron chi connectivity index (χ2n) is 2.62. The third-order valence-electron chi connectivity index (χ3n) is 1.84. The van der Waals surface area contributed by atoms with Crippen LogP contribution in [0.3, 0.4) is 0 Å². The molecule has 0 aliphatic carbocycles. The van der Waals surface area contributed by atoms with E-state index in [4.69, 9.17) is 11.6 Å². The van der Waals surface area contributed by atoms with Crippen molar-refractivity contribution in [2.45, 2.75) is 26.7 Å². The molecule has 0 saturated heterocycles. The van der Waals surface area contributed by atoms with Crippen LogP contribution in [0, 0.1) is 0 Å². The molecule has 5 heteroatoms. The van der Waals surface area contributed by atoms with E-state index in [1.165, 1.54) is 0 Å². The molecule has 1 heterocycles. The topological polar surface area (TPSA) is 55.1 Å². The van der Waals surface area contributed by atoms with Crippen molar-refractivity contribution < 1.29 is 5.21 Å². The molecule has 1 aromatic rings. The molecule has 1 N–H and O–H groups in total. The number of halogens is 1. The van der Waals surface area contributed by atoms with Crippen LogP contribution >= 0.6 is 11.6 Å². The summed E-state index contributed by atoms with van der Waals surface area (Å²) < 4.78 is 0.578. The van der Waals surface area contributed by atoms with Gasteiger partial charge in [0.15, 0.2) is 5.15 Å². The van der Waals surface area contributed by atoms with Gasteiger partial charge >= 0.3 is 5.56 Å². The summed E-state index contributed by atoms with van der Waals surface area (Å²) in [6, 6.07) is 0. The highest BCUT2D eigenvalue weighted by atomic mass is 35.5. The maximum Gasteiger partial charge on any atom is 0.304 e. The van der Waals surface area contributed by atoms with Gasteiger partial charge in [-0.3, -0.25) is 4.79 Å². The maximum absolute atomic E-state index is 11.3. The van der Waals surface area contributed by atoms with E-state index in [0.717, 1.165) is 0 Å². The molecule has 0 saturated carbocycles. The van der Waals surface area contributed by atoms with Crippen LogP contribution in [0.5, 0.6) is 0 Å². The van der Waals surface area contributed by atoms with Crippen molar-refractivity contribution in [2.75, 3.05) is 0 Å². The van der Waals surface area contributed by atoms with E-state index in [2.05, 4.69) is 4.98 Å². The Kier molecular flexibility index (Phi) is 2.93. The van der Waals surface area contributed by atoms with Crippen molar-refractivity contribution in [1.82, 2.24) is 9.71 Å². The lowest BCUT2D eigenvalue weighted by Crippen LogP contribution is -2.26. The van der Waals surface area contributed by atoms with Crippen molar-refractivity contribution >= 4 is 11.6 Å². The summed E-state index contributed by atoms with van der Waals surface area (Å²) in [5.74, 6) is 0. The van der Waals surface area contributed by atoms with Crippen LogP contribution in [-0.4, -0.2) is 14.9 Å². The minimum absolute atomic E-state index is 0.196. The molecule has 0 fully saturated rings. The smallest absolute Gasteiger partial charge is 0.304 e. The number of hydrogen-bond donors (Lipinski definition) is 1. The molecule has 0 bridgehead atoms.